The summed E-state index contributed by atoms with van der Waals surface area (Å²) in [6.07, 6.45) is 0. The molecule has 1 rings (SSSR count). The number of anilines is 1. The molecule has 1 aromatic carbocycles. The summed E-state index contributed by atoms with van der Waals surface area (Å²) >= 11 is 0. The molecule has 3 heteroatoms. The van der Waals surface area contributed by atoms with E-state index >= 15 is 0 Å². The first-order valence-electron chi connectivity index (χ1n) is 5.87. The number of benzene rings is 1. The van der Waals surface area contributed by atoms with Crippen molar-refractivity contribution in [1.29, 1.82) is 0 Å². The Hall–Kier alpha value is -1.06. The third kappa shape index (κ3) is 4.21. The van der Waals surface area contributed by atoms with Crippen molar-refractivity contribution >= 4 is 5.69 Å². The Kier molecular flexibility index (Phi) is 5.90. The first-order valence-corrected chi connectivity index (χ1v) is 5.87. The van der Waals surface area contributed by atoms with Crippen molar-refractivity contribution in [3.8, 4) is 0 Å². The second-order valence-corrected chi connectivity index (χ2v) is 3.82. The molecule has 0 aliphatic rings. The molecule has 0 saturated carbocycles. The number of hydrogen-bond donors (Lipinski definition) is 1. The monoisotopic (exact) mass is 222 g/mol. The van der Waals surface area contributed by atoms with Gasteiger partial charge in [0.05, 0.1) is 13.2 Å². The summed E-state index contributed by atoms with van der Waals surface area (Å²) < 4.78 is 5.39. The van der Waals surface area contributed by atoms with Gasteiger partial charge in [0, 0.05) is 25.3 Å². The molecular weight excluding hydrogens is 200 g/mol. The Morgan fingerprint density at radius 3 is 2.44 bits per heavy atom. The van der Waals surface area contributed by atoms with Crippen LogP contribution in [0.15, 0.2) is 24.3 Å². The molecule has 0 unspecified atom stereocenters. The van der Waals surface area contributed by atoms with Crippen LogP contribution in [0.2, 0.25) is 0 Å². The van der Waals surface area contributed by atoms with Crippen LogP contribution in [0.1, 0.15) is 12.5 Å². The van der Waals surface area contributed by atoms with Crippen molar-refractivity contribution < 1.29 is 4.74 Å². The molecule has 0 saturated heterocycles. The molecule has 0 fully saturated rings. The summed E-state index contributed by atoms with van der Waals surface area (Å²) in [5.41, 5.74) is 7.91. The quantitative estimate of drug-likeness (QED) is 0.715. The SMILES string of the molecule is CCN(CCOCCN)c1ccc(C)cc1. The van der Waals surface area contributed by atoms with Gasteiger partial charge in [-0.05, 0) is 26.0 Å². The fourth-order valence-electron chi connectivity index (χ4n) is 1.59. The van der Waals surface area contributed by atoms with E-state index in [2.05, 4.69) is 43.0 Å². The average Bonchev–Trinajstić information content (AvgIpc) is 2.31. The first-order chi connectivity index (χ1) is 7.77. The highest BCUT2D eigenvalue weighted by molar-refractivity contribution is 5.47. The van der Waals surface area contributed by atoms with Crippen molar-refractivity contribution in [1.82, 2.24) is 0 Å². The van der Waals surface area contributed by atoms with Gasteiger partial charge in [-0.2, -0.15) is 0 Å². The van der Waals surface area contributed by atoms with Crippen molar-refractivity contribution in [2.24, 2.45) is 5.73 Å². The van der Waals surface area contributed by atoms with Gasteiger partial charge in [0.2, 0.25) is 0 Å². The molecule has 90 valence electrons. The Balaban J connectivity index is 2.44. The number of nitrogens with zero attached hydrogens (tertiary/aromatic N) is 1. The molecular formula is C13H22N2O. The zero-order valence-electron chi connectivity index (χ0n) is 10.3. The topological polar surface area (TPSA) is 38.5 Å². The van der Waals surface area contributed by atoms with E-state index in [-0.39, 0.29) is 0 Å². The molecule has 1 aromatic rings. The maximum atomic E-state index is 5.39. The lowest BCUT2D eigenvalue weighted by atomic mass is 10.2. The van der Waals surface area contributed by atoms with Gasteiger partial charge in [-0.1, -0.05) is 17.7 Å². The van der Waals surface area contributed by atoms with Gasteiger partial charge in [-0.25, -0.2) is 0 Å². The Morgan fingerprint density at radius 2 is 1.88 bits per heavy atom. The summed E-state index contributed by atoms with van der Waals surface area (Å²) in [5, 5.41) is 0. The lowest BCUT2D eigenvalue weighted by Gasteiger charge is -2.23. The summed E-state index contributed by atoms with van der Waals surface area (Å²) in [4.78, 5) is 2.30. The molecule has 2 N–H and O–H groups in total. The minimum atomic E-state index is 0.594. The third-order valence-corrected chi connectivity index (χ3v) is 2.55. The Bertz CT molecular complexity index is 284. The van der Waals surface area contributed by atoms with Crippen LogP contribution in [0.4, 0.5) is 5.69 Å². The Morgan fingerprint density at radius 1 is 1.19 bits per heavy atom. The van der Waals surface area contributed by atoms with E-state index < -0.39 is 0 Å². The van der Waals surface area contributed by atoms with E-state index in [1.54, 1.807) is 0 Å². The minimum Gasteiger partial charge on any atom is -0.378 e. The number of ether oxygens (including phenoxy) is 1. The van der Waals surface area contributed by atoms with E-state index in [4.69, 9.17) is 10.5 Å². The molecule has 0 radical (unpaired) electrons. The van der Waals surface area contributed by atoms with Crippen LogP contribution in [0.3, 0.4) is 0 Å². The number of aryl methyl sites for hydroxylation is 1. The maximum Gasteiger partial charge on any atom is 0.0642 e. The molecule has 0 aromatic heterocycles. The number of rotatable bonds is 7. The van der Waals surface area contributed by atoms with Gasteiger partial charge in [0.1, 0.15) is 0 Å². The summed E-state index contributed by atoms with van der Waals surface area (Å²) in [6, 6.07) is 8.58. The van der Waals surface area contributed by atoms with E-state index in [0.717, 1.165) is 19.7 Å². The summed E-state index contributed by atoms with van der Waals surface area (Å²) in [7, 11) is 0. The fourth-order valence-corrected chi connectivity index (χ4v) is 1.59. The lowest BCUT2D eigenvalue weighted by Crippen LogP contribution is -2.27. The number of nitrogens with two attached hydrogens (primary N) is 1. The number of likely N-dealkylation sites (N-methyl/N-ethyl adjacent to an activating group) is 1. The fraction of sp³-hybridized carbons (Fsp3) is 0.538. The van der Waals surface area contributed by atoms with Crippen LogP contribution in [0.5, 0.6) is 0 Å². The predicted octanol–water partition coefficient (Wildman–Crippen LogP) is 1.80. The third-order valence-electron chi connectivity index (χ3n) is 2.55. The smallest absolute Gasteiger partial charge is 0.0642 e. The second-order valence-electron chi connectivity index (χ2n) is 3.82. The Labute approximate surface area is 98.2 Å². The van der Waals surface area contributed by atoms with Crippen molar-refractivity contribution in [3.05, 3.63) is 29.8 Å². The van der Waals surface area contributed by atoms with E-state index in [1.807, 2.05) is 0 Å². The van der Waals surface area contributed by atoms with Gasteiger partial charge in [-0.15, -0.1) is 0 Å². The first kappa shape index (κ1) is 13.0. The van der Waals surface area contributed by atoms with Crippen molar-refractivity contribution in [2.75, 3.05) is 37.7 Å². The molecule has 16 heavy (non-hydrogen) atoms. The largest absolute Gasteiger partial charge is 0.378 e. The molecule has 0 amide bonds. The van der Waals surface area contributed by atoms with Gasteiger partial charge < -0.3 is 15.4 Å². The zero-order valence-corrected chi connectivity index (χ0v) is 10.3. The van der Waals surface area contributed by atoms with Gasteiger partial charge in [0.15, 0.2) is 0 Å². The highest BCUT2D eigenvalue weighted by atomic mass is 16.5. The van der Waals surface area contributed by atoms with Crippen LogP contribution in [0.25, 0.3) is 0 Å². The maximum absolute atomic E-state index is 5.39. The standard InChI is InChI=1S/C13H22N2O/c1-3-15(9-11-16-10-8-14)13-6-4-12(2)5-7-13/h4-7H,3,8-11,14H2,1-2H3. The second kappa shape index (κ2) is 7.25. The lowest BCUT2D eigenvalue weighted by molar-refractivity contribution is 0.148. The van der Waals surface area contributed by atoms with Crippen LogP contribution < -0.4 is 10.6 Å². The van der Waals surface area contributed by atoms with Crippen molar-refractivity contribution in [3.63, 3.8) is 0 Å². The molecule has 0 atom stereocenters. The molecule has 0 heterocycles. The minimum absolute atomic E-state index is 0.594. The van der Waals surface area contributed by atoms with E-state index in [1.165, 1.54) is 11.3 Å². The van der Waals surface area contributed by atoms with E-state index in [0.29, 0.717) is 13.2 Å². The molecule has 0 aliphatic carbocycles. The van der Waals surface area contributed by atoms with Crippen LogP contribution in [-0.2, 0) is 4.74 Å². The molecule has 0 bridgehead atoms. The van der Waals surface area contributed by atoms with E-state index in [9.17, 15) is 0 Å². The van der Waals surface area contributed by atoms with Crippen LogP contribution in [-0.4, -0.2) is 32.8 Å². The van der Waals surface area contributed by atoms with Gasteiger partial charge in [-0.3, -0.25) is 0 Å². The van der Waals surface area contributed by atoms with Crippen LogP contribution in [0, 0.1) is 6.92 Å². The predicted molar refractivity (Wildman–Crippen MR) is 68.9 cm³/mol. The molecule has 0 spiro atoms. The number of hydrogen-bond acceptors (Lipinski definition) is 3. The van der Waals surface area contributed by atoms with Crippen molar-refractivity contribution in [2.45, 2.75) is 13.8 Å². The summed E-state index contributed by atoms with van der Waals surface area (Å²) in [6.45, 7) is 8.14. The molecule has 0 aliphatic heterocycles. The van der Waals surface area contributed by atoms with Gasteiger partial charge >= 0.3 is 0 Å². The molecule has 3 nitrogen and oxygen atoms in total. The highest BCUT2D eigenvalue weighted by Gasteiger charge is 2.02. The van der Waals surface area contributed by atoms with Gasteiger partial charge in [0.25, 0.3) is 0 Å². The normalized spacial score (nSPS) is 10.4. The zero-order chi connectivity index (χ0) is 11.8. The summed E-state index contributed by atoms with van der Waals surface area (Å²) in [5.74, 6) is 0. The average molecular weight is 222 g/mol. The van der Waals surface area contributed by atoms with Crippen LogP contribution >= 0.6 is 0 Å². The highest BCUT2D eigenvalue weighted by Crippen LogP contribution is 2.14.